The summed E-state index contributed by atoms with van der Waals surface area (Å²) in [5, 5.41) is 19.0. The van der Waals surface area contributed by atoms with Crippen LogP contribution in [0.15, 0.2) is 30.3 Å². The molecule has 0 saturated heterocycles. The van der Waals surface area contributed by atoms with Crippen LogP contribution >= 0.6 is 0 Å². The van der Waals surface area contributed by atoms with Gasteiger partial charge in [0.2, 0.25) is 0 Å². The smallest absolute Gasteiger partial charge is 0.103 e. The van der Waals surface area contributed by atoms with Gasteiger partial charge in [-0.25, -0.2) is 0 Å². The molecule has 0 aromatic heterocycles. The van der Waals surface area contributed by atoms with E-state index in [2.05, 4.69) is 60.9 Å². The molecule has 0 N–H and O–H groups in total. The maximum Gasteiger partial charge on any atom is 0.103 e. The van der Waals surface area contributed by atoms with E-state index in [0.717, 1.165) is 22.6 Å². The SMILES string of the molecule is Cc1ccc(C)c(N2c3c(C#N)ccc(C#N)c3N(C)[C@@H]2C)c1. The minimum atomic E-state index is 0.0344. The van der Waals surface area contributed by atoms with Crippen molar-refractivity contribution >= 4 is 17.1 Å². The van der Waals surface area contributed by atoms with E-state index >= 15 is 0 Å². The summed E-state index contributed by atoms with van der Waals surface area (Å²) < 4.78 is 0. The molecule has 3 rings (SSSR count). The van der Waals surface area contributed by atoms with E-state index in [1.165, 1.54) is 5.56 Å². The van der Waals surface area contributed by atoms with E-state index in [-0.39, 0.29) is 6.17 Å². The molecule has 114 valence electrons. The van der Waals surface area contributed by atoms with Gasteiger partial charge >= 0.3 is 0 Å². The fourth-order valence-electron chi connectivity index (χ4n) is 3.21. The molecule has 1 aliphatic heterocycles. The first kappa shape index (κ1) is 14.9. The predicted molar refractivity (Wildman–Crippen MR) is 91.8 cm³/mol. The zero-order chi connectivity index (χ0) is 16.7. The van der Waals surface area contributed by atoms with Crippen molar-refractivity contribution in [1.29, 1.82) is 10.5 Å². The maximum absolute atomic E-state index is 9.55. The molecule has 1 heterocycles. The van der Waals surface area contributed by atoms with Crippen LogP contribution in [0, 0.1) is 36.5 Å². The second-order valence-corrected chi connectivity index (χ2v) is 5.98. The molecule has 0 aliphatic carbocycles. The Morgan fingerprint density at radius 3 is 2.17 bits per heavy atom. The van der Waals surface area contributed by atoms with Gasteiger partial charge in [-0.2, -0.15) is 10.5 Å². The lowest BCUT2D eigenvalue weighted by Gasteiger charge is -2.29. The number of nitriles is 2. The largest absolute Gasteiger partial charge is 0.351 e. The van der Waals surface area contributed by atoms with Crippen molar-refractivity contribution in [2.75, 3.05) is 16.8 Å². The van der Waals surface area contributed by atoms with Gasteiger partial charge in [0.15, 0.2) is 0 Å². The van der Waals surface area contributed by atoms with Crippen molar-refractivity contribution in [3.05, 3.63) is 52.6 Å². The molecule has 0 spiro atoms. The highest BCUT2D eigenvalue weighted by Crippen LogP contribution is 2.47. The Balaban J connectivity index is 2.34. The van der Waals surface area contributed by atoms with E-state index < -0.39 is 0 Å². The van der Waals surface area contributed by atoms with Crippen LogP contribution in [0.5, 0.6) is 0 Å². The predicted octanol–water partition coefficient (Wildman–Crippen LogP) is 3.98. The third-order valence-corrected chi connectivity index (χ3v) is 4.54. The number of hydrogen-bond donors (Lipinski definition) is 0. The van der Waals surface area contributed by atoms with Gasteiger partial charge in [-0.3, -0.25) is 0 Å². The first-order chi connectivity index (χ1) is 11.0. The number of rotatable bonds is 1. The van der Waals surface area contributed by atoms with Crippen LogP contribution in [-0.4, -0.2) is 13.2 Å². The molecule has 0 saturated carbocycles. The van der Waals surface area contributed by atoms with Gasteiger partial charge in [0.1, 0.15) is 18.3 Å². The highest BCUT2D eigenvalue weighted by Gasteiger charge is 2.36. The fraction of sp³-hybridized carbons (Fsp3) is 0.263. The Bertz CT molecular complexity index is 870. The molecule has 0 amide bonds. The van der Waals surface area contributed by atoms with Crippen LogP contribution in [0.2, 0.25) is 0 Å². The van der Waals surface area contributed by atoms with Crippen molar-refractivity contribution in [2.45, 2.75) is 26.9 Å². The lowest BCUT2D eigenvalue weighted by Crippen LogP contribution is -2.36. The molecule has 0 bridgehead atoms. The van der Waals surface area contributed by atoms with Crippen molar-refractivity contribution in [1.82, 2.24) is 0 Å². The minimum absolute atomic E-state index is 0.0344. The summed E-state index contributed by atoms with van der Waals surface area (Å²) in [6.45, 7) is 6.22. The lowest BCUT2D eigenvalue weighted by molar-refractivity contribution is 0.732. The van der Waals surface area contributed by atoms with E-state index in [4.69, 9.17) is 0 Å². The van der Waals surface area contributed by atoms with Gasteiger partial charge in [-0.1, -0.05) is 12.1 Å². The van der Waals surface area contributed by atoms with Crippen LogP contribution in [0.3, 0.4) is 0 Å². The monoisotopic (exact) mass is 302 g/mol. The summed E-state index contributed by atoms with van der Waals surface area (Å²) in [6, 6.07) is 14.3. The summed E-state index contributed by atoms with van der Waals surface area (Å²) in [4.78, 5) is 4.23. The molecule has 2 aromatic rings. The first-order valence-electron chi connectivity index (χ1n) is 7.56. The second-order valence-electron chi connectivity index (χ2n) is 5.98. The van der Waals surface area contributed by atoms with Crippen molar-refractivity contribution in [3.63, 3.8) is 0 Å². The summed E-state index contributed by atoms with van der Waals surface area (Å²) in [7, 11) is 1.97. The Morgan fingerprint density at radius 2 is 1.57 bits per heavy atom. The number of aryl methyl sites for hydroxylation is 2. The van der Waals surface area contributed by atoms with Crippen molar-refractivity contribution in [2.24, 2.45) is 0 Å². The summed E-state index contributed by atoms with van der Waals surface area (Å²) in [6.07, 6.45) is 0.0344. The zero-order valence-electron chi connectivity index (χ0n) is 13.8. The number of fused-ring (bicyclic) bond motifs is 1. The Kier molecular flexibility index (Phi) is 3.47. The topological polar surface area (TPSA) is 54.1 Å². The molecule has 0 fully saturated rings. The standard InChI is InChI=1S/C19H18N4/c1-12-5-6-13(2)17(9-12)23-14(3)22(4)18-15(10-20)7-8-16(11-21)19(18)23/h5-9,14H,1-4H3/t14-/m0/s1. The average Bonchev–Trinajstić information content (AvgIpc) is 2.81. The molecule has 0 radical (unpaired) electrons. The van der Waals surface area contributed by atoms with Crippen molar-refractivity contribution in [3.8, 4) is 12.1 Å². The Morgan fingerprint density at radius 1 is 0.957 bits per heavy atom. The molecule has 1 aliphatic rings. The molecule has 2 aromatic carbocycles. The summed E-state index contributed by atoms with van der Waals surface area (Å²) in [5.41, 5.74) is 6.25. The van der Waals surface area contributed by atoms with E-state index in [9.17, 15) is 10.5 Å². The Hall–Kier alpha value is -2.98. The number of hydrogen-bond acceptors (Lipinski definition) is 4. The van der Waals surface area contributed by atoms with Gasteiger partial charge < -0.3 is 9.80 Å². The third kappa shape index (κ3) is 2.12. The number of anilines is 3. The number of nitrogens with zero attached hydrogens (tertiary/aromatic N) is 4. The average molecular weight is 302 g/mol. The van der Waals surface area contributed by atoms with E-state index in [1.54, 1.807) is 12.1 Å². The molecular formula is C19H18N4. The second kappa shape index (κ2) is 5.34. The first-order valence-corrected chi connectivity index (χ1v) is 7.56. The highest BCUT2D eigenvalue weighted by atomic mass is 15.4. The summed E-state index contributed by atoms with van der Waals surface area (Å²) >= 11 is 0. The van der Waals surface area contributed by atoms with Gasteiger partial charge in [0.05, 0.1) is 22.5 Å². The van der Waals surface area contributed by atoms with Crippen LogP contribution < -0.4 is 9.80 Å². The van der Waals surface area contributed by atoms with Gasteiger partial charge in [-0.15, -0.1) is 0 Å². The van der Waals surface area contributed by atoms with E-state index in [1.807, 2.05) is 7.05 Å². The van der Waals surface area contributed by atoms with Crippen LogP contribution in [-0.2, 0) is 0 Å². The number of benzene rings is 2. The quantitative estimate of drug-likeness (QED) is 0.799. The normalized spacial score (nSPS) is 16.0. The van der Waals surface area contributed by atoms with Gasteiger partial charge in [0, 0.05) is 12.7 Å². The third-order valence-electron chi connectivity index (χ3n) is 4.54. The van der Waals surface area contributed by atoms with Gasteiger partial charge in [-0.05, 0) is 50.1 Å². The lowest BCUT2D eigenvalue weighted by atomic mass is 10.0. The minimum Gasteiger partial charge on any atom is -0.351 e. The van der Waals surface area contributed by atoms with Crippen LogP contribution in [0.25, 0.3) is 0 Å². The molecule has 4 nitrogen and oxygen atoms in total. The molecule has 1 atom stereocenters. The maximum atomic E-state index is 9.55. The Labute approximate surface area is 136 Å². The van der Waals surface area contributed by atoms with E-state index in [0.29, 0.717) is 11.1 Å². The molecule has 23 heavy (non-hydrogen) atoms. The molecule has 4 heteroatoms. The molecule has 0 unspecified atom stereocenters. The molecular weight excluding hydrogens is 284 g/mol. The fourth-order valence-corrected chi connectivity index (χ4v) is 3.21. The zero-order valence-corrected chi connectivity index (χ0v) is 13.8. The van der Waals surface area contributed by atoms with Crippen LogP contribution in [0.1, 0.15) is 29.2 Å². The highest BCUT2D eigenvalue weighted by molar-refractivity contribution is 5.91. The van der Waals surface area contributed by atoms with Gasteiger partial charge in [0.25, 0.3) is 0 Å². The summed E-state index contributed by atoms with van der Waals surface area (Å²) in [5.74, 6) is 0. The van der Waals surface area contributed by atoms with Crippen LogP contribution in [0.4, 0.5) is 17.1 Å². The van der Waals surface area contributed by atoms with Crippen molar-refractivity contribution < 1.29 is 0 Å².